The second-order valence-electron chi connectivity index (χ2n) is 7.34. The van der Waals surface area contributed by atoms with Gasteiger partial charge in [0, 0.05) is 18.2 Å². The minimum Gasteiger partial charge on any atom is -0.298 e. The van der Waals surface area contributed by atoms with Gasteiger partial charge in [-0.05, 0) is 61.8 Å². The first kappa shape index (κ1) is 17.1. The van der Waals surface area contributed by atoms with Crippen LogP contribution in [-0.4, -0.2) is 20.5 Å². The molecule has 0 radical (unpaired) electrons. The topological polar surface area (TPSA) is 54.5 Å². The fourth-order valence-electron chi connectivity index (χ4n) is 4.71. The molecular weight excluding hydrogens is 348 g/mol. The molecule has 132 valence electrons. The number of hydrogen-bond donors (Lipinski definition) is 0. The maximum absolute atomic E-state index is 8.75. The van der Waals surface area contributed by atoms with Gasteiger partial charge in [-0.3, -0.25) is 4.57 Å². The predicted octanol–water partition coefficient (Wildman–Crippen LogP) is 5.40. The standard InChI is InChI=1S/C19H24N4S2/c1-13(16-12-14-6-7-15(16)11-14)23-18(17-5-4-10-24-17)21-22-19(23)25-9-3-2-8-20/h4-5,10,13-16H,2-3,6-7,9,11-12H2,1H3. The number of nitrogens with zero attached hydrogens (tertiary/aromatic N) is 4. The fraction of sp³-hybridized carbons (Fsp3) is 0.632. The van der Waals surface area contributed by atoms with E-state index in [4.69, 9.17) is 5.26 Å². The minimum atomic E-state index is 0.445. The summed E-state index contributed by atoms with van der Waals surface area (Å²) in [5.74, 6) is 4.54. The number of fused-ring (bicyclic) bond motifs is 2. The van der Waals surface area contributed by atoms with Crippen LogP contribution in [0.3, 0.4) is 0 Å². The predicted molar refractivity (Wildman–Crippen MR) is 103 cm³/mol. The van der Waals surface area contributed by atoms with Gasteiger partial charge in [0.25, 0.3) is 0 Å². The Hall–Kier alpha value is -1.32. The van der Waals surface area contributed by atoms with Gasteiger partial charge in [-0.15, -0.1) is 21.5 Å². The lowest BCUT2D eigenvalue weighted by atomic mass is 9.84. The summed E-state index contributed by atoms with van der Waals surface area (Å²) in [6.45, 7) is 2.37. The van der Waals surface area contributed by atoms with E-state index in [1.807, 2.05) is 0 Å². The van der Waals surface area contributed by atoms with E-state index in [0.717, 1.165) is 40.9 Å². The average molecular weight is 373 g/mol. The molecule has 2 aliphatic rings. The zero-order valence-corrected chi connectivity index (χ0v) is 16.2. The summed E-state index contributed by atoms with van der Waals surface area (Å²) in [4.78, 5) is 1.20. The van der Waals surface area contributed by atoms with E-state index in [2.05, 4.69) is 45.3 Å². The summed E-state index contributed by atoms with van der Waals surface area (Å²) in [6.07, 6.45) is 7.15. The molecule has 2 bridgehead atoms. The number of thiophene rings is 1. The van der Waals surface area contributed by atoms with Crippen LogP contribution in [0.5, 0.6) is 0 Å². The molecule has 0 spiro atoms. The highest BCUT2D eigenvalue weighted by Crippen LogP contribution is 2.53. The molecule has 25 heavy (non-hydrogen) atoms. The second-order valence-corrected chi connectivity index (χ2v) is 9.35. The van der Waals surface area contributed by atoms with Gasteiger partial charge in [0.15, 0.2) is 11.0 Å². The number of thioether (sulfide) groups is 1. The highest BCUT2D eigenvalue weighted by atomic mass is 32.2. The maximum Gasteiger partial charge on any atom is 0.191 e. The first-order valence-electron chi connectivity index (χ1n) is 9.26. The monoisotopic (exact) mass is 372 g/mol. The zero-order valence-electron chi connectivity index (χ0n) is 14.6. The van der Waals surface area contributed by atoms with Gasteiger partial charge in [0.2, 0.25) is 0 Å². The van der Waals surface area contributed by atoms with Crippen LogP contribution in [0.15, 0.2) is 22.7 Å². The van der Waals surface area contributed by atoms with Crippen LogP contribution in [0.1, 0.15) is 51.5 Å². The van der Waals surface area contributed by atoms with Crippen molar-refractivity contribution in [3.8, 4) is 16.8 Å². The van der Waals surface area contributed by atoms with Gasteiger partial charge in [-0.25, -0.2) is 0 Å². The third-order valence-electron chi connectivity index (χ3n) is 5.89. The molecule has 0 amide bonds. The molecule has 0 aromatic carbocycles. The molecule has 6 heteroatoms. The molecule has 0 saturated heterocycles. The van der Waals surface area contributed by atoms with E-state index < -0.39 is 0 Å². The quantitative estimate of drug-likeness (QED) is 0.482. The summed E-state index contributed by atoms with van der Waals surface area (Å²) in [5.41, 5.74) is 0. The van der Waals surface area contributed by atoms with Crippen LogP contribution in [0.4, 0.5) is 0 Å². The van der Waals surface area contributed by atoms with E-state index >= 15 is 0 Å². The lowest BCUT2D eigenvalue weighted by Gasteiger charge is -2.30. The summed E-state index contributed by atoms with van der Waals surface area (Å²) in [5, 5.41) is 21.0. The molecule has 4 unspecified atom stereocenters. The Labute approximate surface area is 157 Å². The minimum absolute atomic E-state index is 0.445. The first-order valence-corrected chi connectivity index (χ1v) is 11.1. The van der Waals surface area contributed by atoms with Crippen LogP contribution < -0.4 is 0 Å². The molecule has 2 aliphatic carbocycles. The Morgan fingerprint density at radius 3 is 3.00 bits per heavy atom. The Balaban J connectivity index is 1.60. The van der Waals surface area contributed by atoms with Crippen molar-refractivity contribution in [1.29, 1.82) is 5.26 Å². The maximum atomic E-state index is 8.75. The summed E-state index contributed by atoms with van der Waals surface area (Å²) in [6, 6.07) is 6.90. The molecule has 2 fully saturated rings. The van der Waals surface area contributed by atoms with Crippen LogP contribution in [-0.2, 0) is 0 Å². The smallest absolute Gasteiger partial charge is 0.191 e. The SMILES string of the molecule is CC(C1CC2CCC1C2)n1c(SCCCC#N)nnc1-c1cccs1. The summed E-state index contributed by atoms with van der Waals surface area (Å²) >= 11 is 3.49. The van der Waals surface area contributed by atoms with Crippen molar-refractivity contribution >= 4 is 23.1 Å². The number of unbranched alkanes of at least 4 members (excludes halogenated alkanes) is 1. The molecule has 2 aromatic rings. The molecular formula is C19H24N4S2. The lowest BCUT2D eigenvalue weighted by Crippen LogP contribution is -2.23. The third-order valence-corrected chi connectivity index (χ3v) is 7.79. The molecule has 2 heterocycles. The Morgan fingerprint density at radius 1 is 1.40 bits per heavy atom. The molecule has 2 saturated carbocycles. The molecule has 4 atom stereocenters. The Kier molecular flexibility index (Phi) is 5.14. The van der Waals surface area contributed by atoms with Crippen molar-refractivity contribution in [3.63, 3.8) is 0 Å². The van der Waals surface area contributed by atoms with Gasteiger partial charge in [-0.2, -0.15) is 5.26 Å². The third kappa shape index (κ3) is 3.37. The molecule has 4 nitrogen and oxygen atoms in total. The molecule has 0 aliphatic heterocycles. The lowest BCUT2D eigenvalue weighted by molar-refractivity contribution is 0.235. The van der Waals surface area contributed by atoms with Crippen molar-refractivity contribution in [2.45, 2.75) is 56.6 Å². The van der Waals surface area contributed by atoms with Crippen LogP contribution in [0, 0.1) is 29.1 Å². The number of aromatic nitrogens is 3. The normalized spacial score (nSPS) is 26.0. The fourth-order valence-corrected chi connectivity index (χ4v) is 6.37. The highest BCUT2D eigenvalue weighted by molar-refractivity contribution is 7.99. The van der Waals surface area contributed by atoms with Crippen LogP contribution in [0.2, 0.25) is 0 Å². The van der Waals surface area contributed by atoms with Crippen molar-refractivity contribution in [2.75, 3.05) is 5.75 Å². The van der Waals surface area contributed by atoms with E-state index in [1.165, 1.54) is 30.6 Å². The summed E-state index contributed by atoms with van der Waals surface area (Å²) in [7, 11) is 0. The van der Waals surface area contributed by atoms with Crippen molar-refractivity contribution in [1.82, 2.24) is 14.8 Å². The Bertz CT molecular complexity index is 746. The van der Waals surface area contributed by atoms with Crippen molar-refractivity contribution in [3.05, 3.63) is 17.5 Å². The number of rotatable bonds is 7. The first-order chi connectivity index (χ1) is 12.3. The van der Waals surface area contributed by atoms with Gasteiger partial charge in [0.05, 0.1) is 10.9 Å². The van der Waals surface area contributed by atoms with Gasteiger partial charge < -0.3 is 0 Å². The van der Waals surface area contributed by atoms with Crippen LogP contribution in [0.25, 0.3) is 10.7 Å². The van der Waals surface area contributed by atoms with E-state index in [-0.39, 0.29) is 0 Å². The molecule has 4 rings (SSSR count). The zero-order chi connectivity index (χ0) is 17.2. The number of hydrogen-bond acceptors (Lipinski definition) is 5. The molecule has 2 aromatic heterocycles. The second kappa shape index (κ2) is 7.51. The Morgan fingerprint density at radius 2 is 2.32 bits per heavy atom. The van der Waals surface area contributed by atoms with Crippen LogP contribution >= 0.6 is 23.1 Å². The molecule has 0 N–H and O–H groups in total. The largest absolute Gasteiger partial charge is 0.298 e. The van der Waals surface area contributed by atoms with Gasteiger partial charge in [-0.1, -0.05) is 24.2 Å². The highest BCUT2D eigenvalue weighted by Gasteiger charge is 2.43. The summed E-state index contributed by atoms with van der Waals surface area (Å²) < 4.78 is 2.40. The van der Waals surface area contributed by atoms with Gasteiger partial charge in [0.1, 0.15) is 0 Å². The number of nitriles is 1. The van der Waals surface area contributed by atoms with E-state index in [9.17, 15) is 0 Å². The van der Waals surface area contributed by atoms with Gasteiger partial charge >= 0.3 is 0 Å². The van der Waals surface area contributed by atoms with Crippen molar-refractivity contribution in [2.24, 2.45) is 17.8 Å². The average Bonchev–Trinajstić information content (AvgIpc) is 3.41. The van der Waals surface area contributed by atoms with E-state index in [0.29, 0.717) is 12.5 Å². The van der Waals surface area contributed by atoms with Crippen molar-refractivity contribution < 1.29 is 0 Å². The van der Waals surface area contributed by atoms with E-state index in [1.54, 1.807) is 23.1 Å².